The predicted octanol–water partition coefficient (Wildman–Crippen LogP) is 0.999. The second-order valence-electron chi connectivity index (χ2n) is 4.13. The first-order valence-corrected chi connectivity index (χ1v) is 5.87. The van der Waals surface area contributed by atoms with Gasteiger partial charge < -0.3 is 16.0 Å². The Hall–Kier alpha value is -2.21. The number of hydrogen-bond acceptors (Lipinski definition) is 6. The molecule has 0 aromatic carbocycles. The van der Waals surface area contributed by atoms with Crippen molar-refractivity contribution in [3.8, 4) is 0 Å². The van der Waals surface area contributed by atoms with Crippen molar-refractivity contribution in [1.29, 1.82) is 0 Å². The highest BCUT2D eigenvalue weighted by atomic mass is 15.1. The molecule has 3 N–H and O–H groups in total. The Bertz CT molecular complexity index is 511. The molecule has 1 saturated heterocycles. The molecule has 1 aliphatic heterocycles. The van der Waals surface area contributed by atoms with Crippen LogP contribution in [0.15, 0.2) is 36.8 Å². The molecule has 0 unspecified atom stereocenters. The van der Waals surface area contributed by atoms with E-state index in [2.05, 4.69) is 30.9 Å². The van der Waals surface area contributed by atoms with Crippen molar-refractivity contribution < 1.29 is 0 Å². The van der Waals surface area contributed by atoms with E-state index >= 15 is 0 Å². The Morgan fingerprint density at radius 1 is 1.06 bits per heavy atom. The van der Waals surface area contributed by atoms with Gasteiger partial charge in [-0.1, -0.05) is 6.07 Å². The van der Waals surface area contributed by atoms with Crippen molar-refractivity contribution in [2.75, 3.05) is 23.7 Å². The number of pyridine rings is 1. The number of anilines is 3. The van der Waals surface area contributed by atoms with Gasteiger partial charge in [-0.3, -0.25) is 0 Å². The molecular weight excluding hydrogens is 228 g/mol. The third kappa shape index (κ3) is 2.54. The summed E-state index contributed by atoms with van der Waals surface area (Å²) in [6.45, 7) is 1.96. The SMILES string of the molecule is c1ccc(Nc2cc(NC3CNC3)ncn2)nc1. The molecule has 0 spiro atoms. The van der Waals surface area contributed by atoms with Crippen LogP contribution in [0.4, 0.5) is 17.5 Å². The highest BCUT2D eigenvalue weighted by molar-refractivity contribution is 5.55. The van der Waals surface area contributed by atoms with Crippen LogP contribution in [0.5, 0.6) is 0 Å². The zero-order chi connectivity index (χ0) is 12.2. The molecule has 3 rings (SSSR count). The van der Waals surface area contributed by atoms with E-state index < -0.39 is 0 Å². The van der Waals surface area contributed by atoms with Gasteiger partial charge in [-0.05, 0) is 12.1 Å². The average Bonchev–Trinajstić information content (AvgIpc) is 2.36. The summed E-state index contributed by atoms with van der Waals surface area (Å²) in [5.74, 6) is 2.33. The maximum absolute atomic E-state index is 4.19. The van der Waals surface area contributed by atoms with Crippen LogP contribution in [0, 0.1) is 0 Å². The molecule has 0 radical (unpaired) electrons. The molecule has 0 bridgehead atoms. The topological polar surface area (TPSA) is 74.8 Å². The summed E-state index contributed by atoms with van der Waals surface area (Å²) >= 11 is 0. The van der Waals surface area contributed by atoms with Gasteiger partial charge in [0.2, 0.25) is 0 Å². The van der Waals surface area contributed by atoms with Crippen LogP contribution in [-0.2, 0) is 0 Å². The van der Waals surface area contributed by atoms with Gasteiger partial charge in [-0.2, -0.15) is 0 Å². The molecule has 0 saturated carbocycles. The van der Waals surface area contributed by atoms with Crippen molar-refractivity contribution in [3.05, 3.63) is 36.8 Å². The van der Waals surface area contributed by atoms with Crippen molar-refractivity contribution in [2.45, 2.75) is 6.04 Å². The summed E-state index contributed by atoms with van der Waals surface area (Å²) in [7, 11) is 0. The van der Waals surface area contributed by atoms with Gasteiger partial charge in [0.1, 0.15) is 23.8 Å². The maximum Gasteiger partial charge on any atom is 0.137 e. The first-order valence-electron chi connectivity index (χ1n) is 5.87. The van der Waals surface area contributed by atoms with Crippen molar-refractivity contribution >= 4 is 17.5 Å². The van der Waals surface area contributed by atoms with E-state index in [1.54, 1.807) is 12.5 Å². The molecule has 2 aromatic rings. The van der Waals surface area contributed by atoms with Crippen LogP contribution in [0.2, 0.25) is 0 Å². The second kappa shape index (κ2) is 4.97. The van der Waals surface area contributed by atoms with Gasteiger partial charge in [0, 0.05) is 25.4 Å². The van der Waals surface area contributed by atoms with Crippen LogP contribution in [0.3, 0.4) is 0 Å². The van der Waals surface area contributed by atoms with E-state index in [9.17, 15) is 0 Å². The molecule has 0 aliphatic carbocycles. The minimum atomic E-state index is 0.461. The molecule has 6 nitrogen and oxygen atoms in total. The lowest BCUT2D eigenvalue weighted by Gasteiger charge is -2.28. The first-order chi connectivity index (χ1) is 8.90. The molecule has 92 valence electrons. The lowest BCUT2D eigenvalue weighted by molar-refractivity contribution is 0.471. The van der Waals surface area contributed by atoms with Gasteiger partial charge in [-0.25, -0.2) is 15.0 Å². The molecule has 1 fully saturated rings. The van der Waals surface area contributed by atoms with Crippen LogP contribution in [0.1, 0.15) is 0 Å². The number of rotatable bonds is 4. The van der Waals surface area contributed by atoms with Gasteiger partial charge in [0.05, 0.1) is 6.04 Å². The summed E-state index contributed by atoms with van der Waals surface area (Å²) in [6.07, 6.45) is 3.28. The Morgan fingerprint density at radius 3 is 2.67 bits per heavy atom. The summed E-state index contributed by atoms with van der Waals surface area (Å²) in [5.41, 5.74) is 0. The zero-order valence-electron chi connectivity index (χ0n) is 9.80. The molecule has 18 heavy (non-hydrogen) atoms. The van der Waals surface area contributed by atoms with Crippen LogP contribution in [-0.4, -0.2) is 34.1 Å². The predicted molar refractivity (Wildman–Crippen MR) is 69.8 cm³/mol. The van der Waals surface area contributed by atoms with E-state index in [1.165, 1.54) is 0 Å². The maximum atomic E-state index is 4.19. The van der Waals surface area contributed by atoms with E-state index in [1.807, 2.05) is 24.3 Å². The summed E-state index contributed by atoms with van der Waals surface area (Å²) in [4.78, 5) is 12.6. The van der Waals surface area contributed by atoms with Crippen LogP contribution >= 0.6 is 0 Å². The van der Waals surface area contributed by atoms with Crippen LogP contribution in [0.25, 0.3) is 0 Å². The molecule has 2 aromatic heterocycles. The third-order valence-electron chi connectivity index (χ3n) is 2.72. The fourth-order valence-electron chi connectivity index (χ4n) is 1.67. The highest BCUT2D eigenvalue weighted by Gasteiger charge is 2.16. The monoisotopic (exact) mass is 242 g/mol. The Morgan fingerprint density at radius 2 is 1.94 bits per heavy atom. The number of nitrogens with zero attached hydrogens (tertiary/aromatic N) is 3. The standard InChI is InChI=1S/C12H14N6/c1-2-4-14-10(3-1)18-12-5-11(15-8-16-12)17-9-6-13-7-9/h1-5,8-9,13H,6-7H2,(H2,14,15,16,17,18). The van der Waals surface area contributed by atoms with Crippen molar-refractivity contribution in [2.24, 2.45) is 0 Å². The molecule has 0 atom stereocenters. The highest BCUT2D eigenvalue weighted by Crippen LogP contribution is 2.14. The molecule has 1 aliphatic rings. The fourth-order valence-corrected chi connectivity index (χ4v) is 1.67. The number of aromatic nitrogens is 3. The minimum Gasteiger partial charge on any atom is -0.365 e. The van der Waals surface area contributed by atoms with Gasteiger partial charge >= 0.3 is 0 Å². The molecule has 0 amide bonds. The second-order valence-corrected chi connectivity index (χ2v) is 4.13. The van der Waals surface area contributed by atoms with Crippen molar-refractivity contribution in [1.82, 2.24) is 20.3 Å². The van der Waals surface area contributed by atoms with Crippen molar-refractivity contribution in [3.63, 3.8) is 0 Å². The summed E-state index contributed by atoms with van der Waals surface area (Å²) in [6, 6.07) is 8.04. The van der Waals surface area contributed by atoms with E-state index in [-0.39, 0.29) is 0 Å². The summed E-state index contributed by atoms with van der Waals surface area (Å²) < 4.78 is 0. The Balaban J connectivity index is 1.70. The first kappa shape index (κ1) is 10.9. The smallest absolute Gasteiger partial charge is 0.137 e. The minimum absolute atomic E-state index is 0.461. The molecule has 3 heterocycles. The average molecular weight is 242 g/mol. The van der Waals surface area contributed by atoms with Gasteiger partial charge in [-0.15, -0.1) is 0 Å². The molecular formula is C12H14N6. The van der Waals surface area contributed by atoms with E-state index in [4.69, 9.17) is 0 Å². The zero-order valence-corrected chi connectivity index (χ0v) is 9.80. The lowest BCUT2D eigenvalue weighted by atomic mass is 10.2. The fraction of sp³-hybridized carbons (Fsp3) is 0.250. The Labute approximate surface area is 105 Å². The van der Waals surface area contributed by atoms with Gasteiger partial charge in [0.25, 0.3) is 0 Å². The largest absolute Gasteiger partial charge is 0.365 e. The summed E-state index contributed by atoms with van der Waals surface area (Å²) in [5, 5.41) is 9.67. The van der Waals surface area contributed by atoms with Gasteiger partial charge in [0.15, 0.2) is 0 Å². The molecule has 6 heteroatoms. The third-order valence-corrected chi connectivity index (χ3v) is 2.72. The van der Waals surface area contributed by atoms with E-state index in [0.29, 0.717) is 6.04 Å². The quantitative estimate of drug-likeness (QED) is 0.742. The normalized spacial score (nSPS) is 14.9. The van der Waals surface area contributed by atoms with E-state index in [0.717, 1.165) is 30.5 Å². The lowest BCUT2D eigenvalue weighted by Crippen LogP contribution is -2.51. The number of nitrogens with one attached hydrogen (secondary N) is 3. The van der Waals surface area contributed by atoms with Crippen LogP contribution < -0.4 is 16.0 Å². The number of hydrogen-bond donors (Lipinski definition) is 3. The Kier molecular flexibility index (Phi) is 3.01.